The fourth-order valence-corrected chi connectivity index (χ4v) is 0. The molecule has 0 bridgehead atoms. The first-order chi connectivity index (χ1) is 4.00. The van der Waals surface area contributed by atoms with E-state index < -0.39 is 0 Å². The average Bonchev–Trinajstić information content (AvgIpc) is 2.03. The molecule has 0 radical (unpaired) electrons. The van der Waals surface area contributed by atoms with Gasteiger partial charge in [0.1, 0.15) is 0 Å². The fraction of sp³-hybridized carbons (Fsp3) is 0. The van der Waals surface area contributed by atoms with Gasteiger partial charge >= 0.3 is 0 Å². The van der Waals surface area contributed by atoms with Crippen molar-refractivity contribution in [2.75, 3.05) is 0 Å². The third-order valence-corrected chi connectivity index (χ3v) is 0. The molecule has 0 aromatic heterocycles. The van der Waals surface area contributed by atoms with Crippen LogP contribution in [-0.2, 0) is 20.4 Å². The molecule has 0 saturated heterocycles. The Labute approximate surface area is 91.4 Å². The molecule has 0 saturated carbocycles. The Hall–Kier alpha value is 4.10. The normalized spacial score (nSPS) is 2.67. The smallest absolute Gasteiger partial charge is 0 e. The van der Waals surface area contributed by atoms with Gasteiger partial charge in [-0.25, -0.2) is 0 Å². The topological polar surface area (TPSA) is 0 Å². The summed E-state index contributed by atoms with van der Waals surface area (Å²) in [5.41, 5.74) is 0. The van der Waals surface area contributed by atoms with Crippen molar-refractivity contribution in [3.63, 3.8) is 0 Å². The van der Waals surface area contributed by atoms with Crippen LogP contribution in [0.15, 0.2) is 0 Å². The van der Waals surface area contributed by atoms with Gasteiger partial charge in [0.05, 0.1) is 0 Å². The van der Waals surface area contributed by atoms with Crippen LogP contribution >= 0.6 is 71.4 Å². The summed E-state index contributed by atoms with van der Waals surface area (Å²) in [5.74, 6) is 0. The van der Waals surface area contributed by atoms with Crippen molar-refractivity contribution in [1.29, 1.82) is 0 Å². The monoisotopic (exact) mass is 370 g/mol. The quantitative estimate of drug-likeness (QED) is 0.454. The van der Waals surface area contributed by atoms with Gasteiger partial charge < -0.3 is 0 Å². The molecule has 0 aliphatic rings. The van der Waals surface area contributed by atoms with Gasteiger partial charge in [-0.3, -0.25) is 0 Å². The minimum atomic E-state index is 0. The Morgan fingerprint density at radius 1 is 0.333 bits per heavy atom. The average molecular weight is 370 g/mol. The van der Waals surface area contributed by atoms with E-state index in [4.69, 9.17) is 0 Å². The van der Waals surface area contributed by atoms with Crippen LogP contribution < -0.4 is 0 Å². The van der Waals surface area contributed by atoms with Gasteiger partial charge in [0, 0.05) is 20.4 Å². The molecule has 0 heterocycles. The maximum Gasteiger partial charge on any atom is 0 e. The summed E-state index contributed by atoms with van der Waals surface area (Å²) in [5, 5.41) is 0. The number of rotatable bonds is 0. The zero-order valence-corrected chi connectivity index (χ0v) is 15.7. The van der Waals surface area contributed by atoms with E-state index in [1.54, 1.807) is 0 Å². The zero-order chi connectivity index (χ0) is 8.00. The number of hydrogen-bond acceptors (Lipinski definition) is 0. The molecule has 0 fully saturated rings. The third-order valence-electron chi connectivity index (χ3n) is 0. The Kier molecular flexibility index (Phi) is 288. The molecule has 8 atom stereocenters. The van der Waals surface area contributed by atoms with Crippen molar-refractivity contribution in [3.05, 3.63) is 0 Å². The van der Waals surface area contributed by atoms with Crippen LogP contribution in [0.25, 0.3) is 0 Å². The van der Waals surface area contributed by atoms with E-state index in [1.807, 2.05) is 0 Å². The summed E-state index contributed by atoms with van der Waals surface area (Å²) >= 11 is 0. The SMILES string of the molecule is PP.PP.PP.PP.[Pd]. The van der Waals surface area contributed by atoms with Crippen molar-refractivity contribution in [1.82, 2.24) is 0 Å². The van der Waals surface area contributed by atoms with Gasteiger partial charge in [0.15, 0.2) is 0 Å². The largest absolute Gasteiger partial charge is 0.118 e. The maximum atomic E-state index is 2.33. The van der Waals surface area contributed by atoms with Crippen LogP contribution in [0.1, 0.15) is 0 Å². The van der Waals surface area contributed by atoms with E-state index >= 15 is 0 Å². The van der Waals surface area contributed by atoms with Crippen molar-refractivity contribution in [2.24, 2.45) is 0 Å². The molecule has 0 aromatic carbocycles. The standard InChI is InChI=1S/4H4P2.Pd/c4*1-2;/h4*1-2H2;. The van der Waals surface area contributed by atoms with Gasteiger partial charge in [-0.05, 0) is 0 Å². The summed E-state index contributed by atoms with van der Waals surface area (Å²) in [6.07, 6.45) is 0. The molecule has 0 aliphatic carbocycles. The second-order valence-corrected chi connectivity index (χ2v) is 0. The zero-order valence-electron chi connectivity index (χ0n) is 4.94. The van der Waals surface area contributed by atoms with Crippen molar-refractivity contribution < 1.29 is 20.4 Å². The predicted molar refractivity (Wildman–Crippen MR) is 77.7 cm³/mol. The summed E-state index contributed by atoms with van der Waals surface area (Å²) in [6, 6.07) is 0. The molecule has 0 N–H and O–H groups in total. The van der Waals surface area contributed by atoms with E-state index in [1.165, 1.54) is 0 Å². The fourth-order valence-electron chi connectivity index (χ4n) is 0. The first-order valence-electron chi connectivity index (χ1n) is 1.33. The Morgan fingerprint density at radius 2 is 0.333 bits per heavy atom. The first kappa shape index (κ1) is 29.2. The molecule has 0 nitrogen and oxygen atoms in total. The van der Waals surface area contributed by atoms with Gasteiger partial charge in [-0.15, -0.1) is 71.4 Å². The molecular weight excluding hydrogens is 354 g/mol. The van der Waals surface area contributed by atoms with E-state index in [2.05, 4.69) is 71.4 Å². The van der Waals surface area contributed by atoms with Crippen LogP contribution in [0.4, 0.5) is 0 Å². The van der Waals surface area contributed by atoms with Crippen molar-refractivity contribution in [3.8, 4) is 0 Å². The Bertz CT molecular complexity index is 4.53. The Balaban J connectivity index is -0.00000000762. The van der Waals surface area contributed by atoms with Crippen LogP contribution in [-0.4, -0.2) is 0 Å². The van der Waals surface area contributed by atoms with Gasteiger partial charge in [0.2, 0.25) is 0 Å². The molecule has 0 aromatic rings. The van der Waals surface area contributed by atoms with Crippen LogP contribution in [0.2, 0.25) is 0 Å². The minimum Gasteiger partial charge on any atom is -0.118 e. The van der Waals surface area contributed by atoms with Crippen LogP contribution in [0.3, 0.4) is 0 Å². The molecule has 8 unspecified atom stereocenters. The van der Waals surface area contributed by atoms with E-state index in [0.717, 1.165) is 0 Å². The van der Waals surface area contributed by atoms with Crippen LogP contribution in [0, 0.1) is 0 Å². The van der Waals surface area contributed by atoms with E-state index in [-0.39, 0.29) is 20.4 Å². The molecular formula is H16P8Pd. The minimum absolute atomic E-state index is 0. The van der Waals surface area contributed by atoms with Crippen molar-refractivity contribution in [2.45, 2.75) is 0 Å². The second kappa shape index (κ2) is 88.6. The van der Waals surface area contributed by atoms with Crippen LogP contribution in [0.5, 0.6) is 0 Å². The molecule has 0 rings (SSSR count). The number of hydrogen-bond donors (Lipinski definition) is 0. The summed E-state index contributed by atoms with van der Waals surface area (Å²) in [7, 11) is 18.7. The molecule has 0 spiro atoms. The Morgan fingerprint density at radius 3 is 0.333 bits per heavy atom. The molecule has 0 aliphatic heterocycles. The maximum absolute atomic E-state index is 2.33. The van der Waals surface area contributed by atoms with Gasteiger partial charge in [-0.2, -0.15) is 0 Å². The third kappa shape index (κ3) is 73.4. The van der Waals surface area contributed by atoms with E-state index in [0.29, 0.717) is 0 Å². The molecule has 9 heavy (non-hydrogen) atoms. The summed E-state index contributed by atoms with van der Waals surface area (Å²) in [4.78, 5) is 0. The van der Waals surface area contributed by atoms with Crippen molar-refractivity contribution >= 4 is 71.4 Å². The summed E-state index contributed by atoms with van der Waals surface area (Å²) in [6.45, 7) is 0. The molecule has 0 amide bonds. The molecule has 66 valence electrons. The second-order valence-electron chi connectivity index (χ2n) is 0. The molecule has 9 heteroatoms. The van der Waals surface area contributed by atoms with E-state index in [9.17, 15) is 0 Å². The predicted octanol–water partition coefficient (Wildman–Crippen LogP) is 2.60. The first-order valence-corrected chi connectivity index (χ1v) is 12.0. The summed E-state index contributed by atoms with van der Waals surface area (Å²) < 4.78 is 0. The van der Waals surface area contributed by atoms with Gasteiger partial charge in [-0.1, -0.05) is 0 Å². The van der Waals surface area contributed by atoms with Gasteiger partial charge in [0.25, 0.3) is 0 Å².